The molecule has 2 saturated carbocycles. The van der Waals surface area contributed by atoms with Gasteiger partial charge < -0.3 is 15.2 Å². The van der Waals surface area contributed by atoms with Gasteiger partial charge in [0.2, 0.25) is 0 Å². The van der Waals surface area contributed by atoms with Crippen molar-refractivity contribution in [3.63, 3.8) is 0 Å². The van der Waals surface area contributed by atoms with E-state index in [4.69, 9.17) is 4.74 Å². The number of methoxy groups -OCH3 is 1. The Balaban J connectivity index is 1.61. The maximum atomic E-state index is 10.4. The molecule has 4 unspecified atom stereocenters. The number of benzene rings is 1. The van der Waals surface area contributed by atoms with Crippen molar-refractivity contribution >= 4 is 0 Å². The normalized spacial score (nSPS) is 29.6. The van der Waals surface area contributed by atoms with Crippen molar-refractivity contribution in [3.8, 4) is 5.75 Å². The van der Waals surface area contributed by atoms with E-state index >= 15 is 0 Å². The summed E-state index contributed by atoms with van der Waals surface area (Å²) in [5.74, 6) is 2.55. The maximum Gasteiger partial charge on any atom is 0.124 e. The lowest BCUT2D eigenvalue weighted by molar-refractivity contribution is 0.160. The Morgan fingerprint density at radius 1 is 1.35 bits per heavy atom. The van der Waals surface area contributed by atoms with Crippen LogP contribution in [0, 0.1) is 18.8 Å². The first kappa shape index (κ1) is 13.9. The van der Waals surface area contributed by atoms with E-state index in [0.717, 1.165) is 28.7 Å². The molecular weight excluding hydrogens is 250 g/mol. The second kappa shape index (κ2) is 5.74. The van der Waals surface area contributed by atoms with Crippen LogP contribution < -0.4 is 10.1 Å². The van der Waals surface area contributed by atoms with Crippen LogP contribution in [0.25, 0.3) is 0 Å². The summed E-state index contributed by atoms with van der Waals surface area (Å²) in [7, 11) is 1.66. The van der Waals surface area contributed by atoms with E-state index in [0.29, 0.717) is 12.6 Å². The molecule has 2 fully saturated rings. The molecule has 20 heavy (non-hydrogen) atoms. The third kappa shape index (κ3) is 2.70. The fourth-order valence-corrected chi connectivity index (χ4v) is 3.98. The molecular formula is C17H25NO2. The number of hydrogen-bond donors (Lipinski definition) is 2. The summed E-state index contributed by atoms with van der Waals surface area (Å²) in [5.41, 5.74) is 2.04. The lowest BCUT2D eigenvalue weighted by Crippen LogP contribution is -2.36. The van der Waals surface area contributed by atoms with E-state index in [2.05, 4.69) is 5.32 Å². The molecule has 110 valence electrons. The first-order valence-corrected chi connectivity index (χ1v) is 7.73. The molecule has 2 bridgehead atoms. The van der Waals surface area contributed by atoms with Crippen molar-refractivity contribution in [1.29, 1.82) is 0 Å². The van der Waals surface area contributed by atoms with Crippen LogP contribution >= 0.6 is 0 Å². The predicted octanol–water partition coefficient (Wildman–Crippen LogP) is 2.82. The molecule has 1 aromatic carbocycles. The smallest absolute Gasteiger partial charge is 0.124 e. The Morgan fingerprint density at radius 2 is 2.20 bits per heavy atom. The standard InChI is InChI=1S/C17H25NO2/c1-11-3-6-17(20-2)14(7-11)16(19)10-18-15-9-12-4-5-13(15)8-12/h3,6-7,12-13,15-16,18-19H,4-5,8-10H2,1-2H3. The molecule has 0 saturated heterocycles. The molecule has 3 nitrogen and oxygen atoms in total. The molecule has 0 heterocycles. The Labute approximate surface area is 121 Å². The van der Waals surface area contributed by atoms with Gasteiger partial charge in [-0.3, -0.25) is 0 Å². The predicted molar refractivity (Wildman–Crippen MR) is 79.9 cm³/mol. The Bertz CT molecular complexity index is 474. The van der Waals surface area contributed by atoms with E-state index in [-0.39, 0.29) is 0 Å². The summed E-state index contributed by atoms with van der Waals surface area (Å²) in [4.78, 5) is 0. The number of ether oxygens (including phenoxy) is 1. The molecule has 3 heteroatoms. The van der Waals surface area contributed by atoms with Crippen LogP contribution in [0.4, 0.5) is 0 Å². The average Bonchev–Trinajstić information content (AvgIpc) is 3.07. The minimum Gasteiger partial charge on any atom is -0.496 e. The van der Waals surface area contributed by atoms with Crippen molar-refractivity contribution in [2.24, 2.45) is 11.8 Å². The van der Waals surface area contributed by atoms with Gasteiger partial charge in [0.05, 0.1) is 13.2 Å². The van der Waals surface area contributed by atoms with E-state index < -0.39 is 6.10 Å². The fraction of sp³-hybridized carbons (Fsp3) is 0.647. The molecule has 2 aliphatic carbocycles. The van der Waals surface area contributed by atoms with Crippen LogP contribution in [-0.4, -0.2) is 24.8 Å². The second-order valence-electron chi connectivity index (χ2n) is 6.45. The molecule has 4 atom stereocenters. The van der Waals surface area contributed by atoms with Gasteiger partial charge in [0.25, 0.3) is 0 Å². The van der Waals surface area contributed by atoms with Gasteiger partial charge in [0, 0.05) is 18.2 Å². The quantitative estimate of drug-likeness (QED) is 0.868. The van der Waals surface area contributed by atoms with E-state index in [1.807, 2.05) is 25.1 Å². The van der Waals surface area contributed by atoms with Crippen LogP contribution in [-0.2, 0) is 0 Å². The van der Waals surface area contributed by atoms with Crippen LogP contribution in [0.3, 0.4) is 0 Å². The highest BCUT2D eigenvalue weighted by molar-refractivity contribution is 5.38. The highest BCUT2D eigenvalue weighted by Crippen LogP contribution is 2.44. The summed E-state index contributed by atoms with van der Waals surface area (Å²) in [6.45, 7) is 2.66. The number of nitrogens with one attached hydrogen (secondary N) is 1. The molecule has 2 N–H and O–H groups in total. The van der Waals surface area contributed by atoms with Crippen LogP contribution in [0.2, 0.25) is 0 Å². The van der Waals surface area contributed by atoms with E-state index in [1.54, 1.807) is 7.11 Å². The summed E-state index contributed by atoms with van der Waals surface area (Å²) < 4.78 is 5.35. The van der Waals surface area contributed by atoms with Crippen molar-refractivity contribution in [2.75, 3.05) is 13.7 Å². The van der Waals surface area contributed by atoms with Gasteiger partial charge in [-0.05, 0) is 50.2 Å². The van der Waals surface area contributed by atoms with Gasteiger partial charge >= 0.3 is 0 Å². The highest BCUT2D eigenvalue weighted by Gasteiger charge is 2.39. The zero-order valence-corrected chi connectivity index (χ0v) is 12.4. The topological polar surface area (TPSA) is 41.5 Å². The lowest BCUT2D eigenvalue weighted by atomic mass is 9.95. The number of fused-ring (bicyclic) bond motifs is 2. The summed E-state index contributed by atoms with van der Waals surface area (Å²) in [6, 6.07) is 6.58. The van der Waals surface area contributed by atoms with Crippen LogP contribution in [0.1, 0.15) is 42.9 Å². The monoisotopic (exact) mass is 275 g/mol. The zero-order chi connectivity index (χ0) is 14.1. The molecule has 3 rings (SSSR count). The fourth-order valence-electron chi connectivity index (χ4n) is 3.98. The first-order valence-electron chi connectivity index (χ1n) is 7.73. The van der Waals surface area contributed by atoms with Gasteiger partial charge in [0.1, 0.15) is 5.75 Å². The van der Waals surface area contributed by atoms with E-state index in [9.17, 15) is 5.11 Å². The van der Waals surface area contributed by atoms with Crippen molar-refractivity contribution < 1.29 is 9.84 Å². The minimum atomic E-state index is -0.496. The van der Waals surface area contributed by atoms with Gasteiger partial charge in [-0.1, -0.05) is 18.1 Å². The minimum absolute atomic E-state index is 0.496. The second-order valence-corrected chi connectivity index (χ2v) is 6.45. The van der Waals surface area contributed by atoms with Crippen LogP contribution in [0.15, 0.2) is 18.2 Å². The van der Waals surface area contributed by atoms with Crippen molar-refractivity contribution in [3.05, 3.63) is 29.3 Å². The van der Waals surface area contributed by atoms with Crippen molar-refractivity contribution in [2.45, 2.75) is 44.8 Å². The third-order valence-electron chi connectivity index (χ3n) is 5.06. The number of aliphatic hydroxyl groups is 1. The lowest BCUT2D eigenvalue weighted by Gasteiger charge is -2.25. The number of aliphatic hydroxyl groups excluding tert-OH is 1. The molecule has 2 aliphatic rings. The number of rotatable bonds is 5. The molecule has 0 aromatic heterocycles. The SMILES string of the molecule is COc1ccc(C)cc1C(O)CNC1CC2CCC1C2. The molecule has 0 amide bonds. The van der Waals surface area contributed by atoms with Gasteiger partial charge in [0.15, 0.2) is 0 Å². The number of aryl methyl sites for hydroxylation is 1. The summed E-state index contributed by atoms with van der Waals surface area (Å²) >= 11 is 0. The van der Waals surface area contributed by atoms with Gasteiger partial charge in [-0.25, -0.2) is 0 Å². The van der Waals surface area contributed by atoms with E-state index in [1.165, 1.54) is 25.7 Å². The Kier molecular flexibility index (Phi) is 3.99. The number of hydrogen-bond acceptors (Lipinski definition) is 3. The molecule has 0 aliphatic heterocycles. The molecule has 0 radical (unpaired) electrons. The van der Waals surface area contributed by atoms with Gasteiger partial charge in [-0.15, -0.1) is 0 Å². The third-order valence-corrected chi connectivity index (χ3v) is 5.06. The van der Waals surface area contributed by atoms with Gasteiger partial charge in [-0.2, -0.15) is 0 Å². The van der Waals surface area contributed by atoms with Crippen molar-refractivity contribution in [1.82, 2.24) is 5.32 Å². The average molecular weight is 275 g/mol. The molecule has 1 aromatic rings. The summed E-state index contributed by atoms with van der Waals surface area (Å²) in [5, 5.41) is 14.0. The molecule has 0 spiro atoms. The Morgan fingerprint density at radius 3 is 2.85 bits per heavy atom. The maximum absolute atomic E-state index is 10.4. The zero-order valence-electron chi connectivity index (χ0n) is 12.4. The van der Waals surface area contributed by atoms with Crippen LogP contribution in [0.5, 0.6) is 5.75 Å². The summed E-state index contributed by atoms with van der Waals surface area (Å²) in [6.07, 6.45) is 4.97. The largest absolute Gasteiger partial charge is 0.496 e. The Hall–Kier alpha value is -1.06. The first-order chi connectivity index (χ1) is 9.67. The highest BCUT2D eigenvalue weighted by atomic mass is 16.5.